The smallest absolute Gasteiger partial charge is 0.243 e. The van der Waals surface area contributed by atoms with E-state index < -0.39 is 23.9 Å². The van der Waals surface area contributed by atoms with Crippen molar-refractivity contribution in [1.29, 1.82) is 5.26 Å². The molecule has 0 bridgehead atoms. The molecule has 3 atom stereocenters. The van der Waals surface area contributed by atoms with E-state index in [1.807, 2.05) is 48.5 Å². The zero-order valence-corrected chi connectivity index (χ0v) is 22.3. The van der Waals surface area contributed by atoms with Gasteiger partial charge in [0.05, 0.1) is 24.6 Å². The summed E-state index contributed by atoms with van der Waals surface area (Å²) in [5, 5.41) is 15.8. The van der Waals surface area contributed by atoms with Gasteiger partial charge in [0, 0.05) is 25.8 Å². The minimum atomic E-state index is -0.756. The van der Waals surface area contributed by atoms with Crippen LogP contribution in [0.1, 0.15) is 17.5 Å². The van der Waals surface area contributed by atoms with Gasteiger partial charge < -0.3 is 20.4 Å². The third-order valence-corrected chi connectivity index (χ3v) is 6.98. The minimum absolute atomic E-state index is 0.100. The summed E-state index contributed by atoms with van der Waals surface area (Å²) >= 11 is 0. The van der Waals surface area contributed by atoms with Crippen molar-refractivity contribution in [2.24, 2.45) is 5.92 Å². The summed E-state index contributed by atoms with van der Waals surface area (Å²) in [5.41, 5.74) is 2.41. The third kappa shape index (κ3) is 7.52. The van der Waals surface area contributed by atoms with Gasteiger partial charge in [0.1, 0.15) is 11.9 Å². The molecule has 4 rings (SSSR count). The molecule has 8 nitrogen and oxygen atoms in total. The van der Waals surface area contributed by atoms with Gasteiger partial charge in [-0.2, -0.15) is 5.26 Å². The molecule has 0 saturated carbocycles. The lowest BCUT2D eigenvalue weighted by molar-refractivity contribution is -0.140. The predicted octanol–water partition coefficient (Wildman–Crippen LogP) is 3.36. The molecule has 3 aromatic rings. The number of para-hydroxylation sites is 1. The molecule has 0 spiro atoms. The highest BCUT2D eigenvalue weighted by atomic mass is 19.1. The van der Waals surface area contributed by atoms with Crippen molar-refractivity contribution in [3.63, 3.8) is 0 Å². The van der Waals surface area contributed by atoms with Gasteiger partial charge in [0.25, 0.3) is 0 Å². The fourth-order valence-corrected chi connectivity index (χ4v) is 4.77. The average molecular weight is 542 g/mol. The van der Waals surface area contributed by atoms with E-state index in [1.165, 1.54) is 21.9 Å². The van der Waals surface area contributed by atoms with E-state index >= 15 is 0 Å². The van der Waals surface area contributed by atoms with Gasteiger partial charge >= 0.3 is 0 Å². The van der Waals surface area contributed by atoms with Crippen LogP contribution in [0, 0.1) is 23.1 Å². The van der Waals surface area contributed by atoms with E-state index in [9.17, 15) is 24.0 Å². The van der Waals surface area contributed by atoms with Crippen molar-refractivity contribution in [1.82, 2.24) is 15.1 Å². The highest BCUT2D eigenvalue weighted by Gasteiger charge is 2.39. The monoisotopic (exact) mass is 541 g/mol. The first kappa shape index (κ1) is 28.5. The van der Waals surface area contributed by atoms with Crippen molar-refractivity contribution in [3.05, 3.63) is 102 Å². The number of hydrogen-bond donors (Lipinski definition) is 2. The summed E-state index contributed by atoms with van der Waals surface area (Å²) in [4.78, 5) is 42.3. The summed E-state index contributed by atoms with van der Waals surface area (Å²) in [7, 11) is 1.54. The molecule has 3 aromatic carbocycles. The maximum atomic E-state index is 13.5. The highest BCUT2D eigenvalue weighted by molar-refractivity contribution is 5.94. The topological polar surface area (TPSA) is 106 Å². The van der Waals surface area contributed by atoms with Crippen molar-refractivity contribution < 1.29 is 18.8 Å². The van der Waals surface area contributed by atoms with E-state index in [1.54, 1.807) is 31.3 Å². The van der Waals surface area contributed by atoms with Gasteiger partial charge in [-0.25, -0.2) is 4.39 Å². The molecule has 1 aliphatic rings. The number of nitrogens with one attached hydrogen (secondary N) is 2. The van der Waals surface area contributed by atoms with E-state index in [4.69, 9.17) is 0 Å². The number of carbonyl (C=O) groups excluding carboxylic acids is 3. The summed E-state index contributed by atoms with van der Waals surface area (Å²) in [6, 6.07) is 25.3. The standard InChI is InChI=1S/C31H32FN5O3/c1-36(21-29(38)37-20-24(17-27(37)18-33)30(39)35-26-10-6-3-7-11-26)31(40)28(16-22-12-14-25(32)15-13-22)34-19-23-8-4-2-5-9-23/h2-15,24,27-28,34H,16-17,19-21H2,1H3,(H,35,39). The molecule has 3 unspecified atom stereocenters. The molecule has 9 heteroatoms. The maximum absolute atomic E-state index is 13.5. The summed E-state index contributed by atoms with van der Waals surface area (Å²) in [5.74, 6) is -1.86. The molecule has 0 aliphatic carbocycles. The molecule has 206 valence electrons. The van der Waals surface area contributed by atoms with Crippen LogP contribution in [-0.2, 0) is 27.3 Å². The fraction of sp³-hybridized carbons (Fsp3) is 0.290. The molecular weight excluding hydrogens is 509 g/mol. The normalized spacial score (nSPS) is 17.1. The zero-order chi connectivity index (χ0) is 28.5. The van der Waals surface area contributed by atoms with E-state index in [0.29, 0.717) is 18.7 Å². The van der Waals surface area contributed by atoms with Crippen molar-refractivity contribution >= 4 is 23.4 Å². The lowest BCUT2D eigenvalue weighted by atomic mass is 10.0. The number of nitrogens with zero attached hydrogens (tertiary/aromatic N) is 3. The number of carbonyl (C=O) groups is 3. The number of amides is 3. The van der Waals surface area contributed by atoms with Gasteiger partial charge in [-0.3, -0.25) is 14.4 Å². The number of hydrogen-bond acceptors (Lipinski definition) is 5. The first-order valence-electron chi connectivity index (χ1n) is 13.2. The van der Waals surface area contributed by atoms with Gasteiger partial charge in [-0.1, -0.05) is 60.7 Å². The Bertz CT molecular complexity index is 1340. The predicted molar refractivity (Wildman–Crippen MR) is 149 cm³/mol. The number of nitriles is 1. The van der Waals surface area contributed by atoms with Gasteiger partial charge in [0.2, 0.25) is 17.7 Å². The molecule has 3 amide bonds. The molecule has 1 aliphatic heterocycles. The quantitative estimate of drug-likeness (QED) is 0.410. The van der Waals surface area contributed by atoms with Crippen LogP contribution in [0.2, 0.25) is 0 Å². The molecule has 0 radical (unpaired) electrons. The second-order valence-corrected chi connectivity index (χ2v) is 9.92. The largest absolute Gasteiger partial charge is 0.335 e. The fourth-order valence-electron chi connectivity index (χ4n) is 4.77. The zero-order valence-electron chi connectivity index (χ0n) is 22.3. The van der Waals surface area contributed by atoms with E-state index in [0.717, 1.165) is 11.1 Å². The number of benzene rings is 3. The first-order chi connectivity index (χ1) is 19.3. The number of likely N-dealkylation sites (tertiary alicyclic amines) is 1. The molecular formula is C31H32FN5O3. The summed E-state index contributed by atoms with van der Waals surface area (Å²) in [6.45, 7) is 0.293. The summed E-state index contributed by atoms with van der Waals surface area (Å²) < 4.78 is 13.4. The second-order valence-electron chi connectivity index (χ2n) is 9.92. The summed E-state index contributed by atoms with van der Waals surface area (Å²) in [6.07, 6.45) is 0.529. The van der Waals surface area contributed by atoms with Crippen LogP contribution < -0.4 is 10.6 Å². The van der Waals surface area contributed by atoms with Crippen molar-refractivity contribution in [2.45, 2.75) is 31.5 Å². The van der Waals surface area contributed by atoms with Crippen LogP contribution in [0.3, 0.4) is 0 Å². The van der Waals surface area contributed by atoms with Crippen LogP contribution in [0.4, 0.5) is 10.1 Å². The van der Waals surface area contributed by atoms with Crippen LogP contribution in [-0.4, -0.2) is 59.7 Å². The van der Waals surface area contributed by atoms with Crippen LogP contribution in [0.5, 0.6) is 0 Å². The molecule has 0 aromatic heterocycles. The Labute approximate surface area is 233 Å². The molecule has 1 fully saturated rings. The van der Waals surface area contributed by atoms with Gasteiger partial charge in [-0.05, 0) is 48.2 Å². The lowest BCUT2D eigenvalue weighted by Crippen LogP contribution is -2.50. The van der Waals surface area contributed by atoms with E-state index in [-0.39, 0.29) is 37.1 Å². The van der Waals surface area contributed by atoms with Gasteiger partial charge in [0.15, 0.2) is 0 Å². The van der Waals surface area contributed by atoms with Crippen LogP contribution >= 0.6 is 0 Å². The molecule has 1 heterocycles. The van der Waals surface area contributed by atoms with Crippen LogP contribution in [0.25, 0.3) is 0 Å². The third-order valence-electron chi connectivity index (χ3n) is 6.98. The first-order valence-corrected chi connectivity index (χ1v) is 13.2. The Kier molecular flexibility index (Phi) is 9.60. The number of anilines is 1. The molecule has 1 saturated heterocycles. The minimum Gasteiger partial charge on any atom is -0.335 e. The Balaban J connectivity index is 1.40. The van der Waals surface area contributed by atoms with Crippen molar-refractivity contribution in [3.8, 4) is 6.07 Å². The maximum Gasteiger partial charge on any atom is 0.243 e. The number of rotatable bonds is 10. The Morgan fingerprint density at radius 3 is 2.30 bits per heavy atom. The van der Waals surface area contributed by atoms with Crippen molar-refractivity contribution in [2.75, 3.05) is 25.5 Å². The lowest BCUT2D eigenvalue weighted by Gasteiger charge is -2.27. The second kappa shape index (κ2) is 13.5. The highest BCUT2D eigenvalue weighted by Crippen LogP contribution is 2.25. The Hall–Kier alpha value is -4.55. The Morgan fingerprint density at radius 2 is 1.65 bits per heavy atom. The van der Waals surface area contributed by atoms with Gasteiger partial charge in [-0.15, -0.1) is 0 Å². The number of halogens is 1. The molecule has 2 N–H and O–H groups in total. The number of likely N-dealkylation sites (N-methyl/N-ethyl adjacent to an activating group) is 1. The SMILES string of the molecule is CN(CC(=O)N1CC(C(=O)Nc2ccccc2)CC1C#N)C(=O)C(Cc1ccc(F)cc1)NCc1ccccc1. The molecule has 40 heavy (non-hydrogen) atoms. The van der Waals surface area contributed by atoms with E-state index in [2.05, 4.69) is 16.7 Å². The van der Waals surface area contributed by atoms with Crippen LogP contribution in [0.15, 0.2) is 84.9 Å². The average Bonchev–Trinajstić information content (AvgIpc) is 3.42. The Morgan fingerprint density at radius 1 is 1.00 bits per heavy atom.